The number of nitrogens with two attached hydrogens (primary N) is 1. The zero-order valence-electron chi connectivity index (χ0n) is 15.2. The van der Waals surface area contributed by atoms with Gasteiger partial charge in [-0.05, 0) is 36.4 Å². The van der Waals surface area contributed by atoms with Gasteiger partial charge in [0.2, 0.25) is 5.88 Å². The molecule has 0 saturated carbocycles. The smallest absolute Gasteiger partial charge is 0.267 e. The SMILES string of the molecule is Nc1ncnc2c1C(=O)N(c1ccc3c(ccn3-c3ccccc3F)c1)CCO2. The first-order valence-electron chi connectivity index (χ1n) is 9.04. The van der Waals surface area contributed by atoms with Crippen molar-refractivity contribution in [2.45, 2.75) is 0 Å². The van der Waals surface area contributed by atoms with E-state index in [9.17, 15) is 9.18 Å². The normalized spacial score (nSPS) is 13.8. The first-order valence-corrected chi connectivity index (χ1v) is 9.04. The molecule has 144 valence electrons. The van der Waals surface area contributed by atoms with Crippen LogP contribution < -0.4 is 15.4 Å². The molecular weight excluding hydrogens is 373 g/mol. The molecule has 8 heteroatoms. The molecule has 2 N–H and O–H groups in total. The van der Waals surface area contributed by atoms with Gasteiger partial charge in [-0.15, -0.1) is 0 Å². The standard InChI is InChI=1S/C21H16FN5O2/c22-15-3-1-2-4-17(15)27-8-7-13-11-14(5-6-16(13)27)26-9-10-29-20-18(21(26)28)19(23)24-12-25-20/h1-8,11-12H,9-10H2,(H2,23,24,25). The van der Waals surface area contributed by atoms with Crippen LogP contribution >= 0.6 is 0 Å². The lowest BCUT2D eigenvalue weighted by Gasteiger charge is -2.20. The molecule has 7 nitrogen and oxygen atoms in total. The van der Waals surface area contributed by atoms with Crippen LogP contribution in [0, 0.1) is 5.82 Å². The quantitative estimate of drug-likeness (QED) is 0.569. The fourth-order valence-electron chi connectivity index (χ4n) is 3.56. The summed E-state index contributed by atoms with van der Waals surface area (Å²) in [5.74, 6) is -0.347. The number of rotatable bonds is 2. The van der Waals surface area contributed by atoms with Gasteiger partial charge in [0, 0.05) is 17.3 Å². The van der Waals surface area contributed by atoms with Gasteiger partial charge < -0.3 is 19.9 Å². The van der Waals surface area contributed by atoms with Gasteiger partial charge in [0.05, 0.1) is 17.7 Å². The average Bonchev–Trinajstić information content (AvgIpc) is 3.06. The lowest BCUT2D eigenvalue weighted by atomic mass is 10.2. The average molecular weight is 389 g/mol. The molecule has 1 aliphatic heterocycles. The van der Waals surface area contributed by atoms with Crippen molar-refractivity contribution < 1.29 is 13.9 Å². The molecule has 2 aromatic carbocycles. The minimum Gasteiger partial charge on any atom is -0.475 e. The number of nitrogen functional groups attached to an aromatic ring is 1. The van der Waals surface area contributed by atoms with Gasteiger partial charge in [-0.25, -0.2) is 14.4 Å². The molecule has 0 aliphatic carbocycles. The molecule has 0 atom stereocenters. The summed E-state index contributed by atoms with van der Waals surface area (Å²) in [7, 11) is 0. The maximum absolute atomic E-state index is 14.2. The van der Waals surface area contributed by atoms with E-state index in [0.29, 0.717) is 17.9 Å². The lowest BCUT2D eigenvalue weighted by molar-refractivity contribution is 0.0990. The van der Waals surface area contributed by atoms with Gasteiger partial charge in [0.1, 0.15) is 30.1 Å². The predicted molar refractivity (Wildman–Crippen MR) is 107 cm³/mol. The zero-order chi connectivity index (χ0) is 20.0. The first-order chi connectivity index (χ1) is 14.1. The second kappa shape index (κ2) is 6.59. The van der Waals surface area contributed by atoms with Gasteiger partial charge in [-0.2, -0.15) is 0 Å². The van der Waals surface area contributed by atoms with E-state index in [1.165, 1.54) is 12.4 Å². The summed E-state index contributed by atoms with van der Waals surface area (Å²) in [6, 6.07) is 14.0. The van der Waals surface area contributed by atoms with Crippen molar-refractivity contribution in [3.63, 3.8) is 0 Å². The minimum atomic E-state index is -0.316. The van der Waals surface area contributed by atoms with Crippen LogP contribution in [0.2, 0.25) is 0 Å². The van der Waals surface area contributed by atoms with Crippen molar-refractivity contribution in [3.05, 3.63) is 72.4 Å². The Balaban J connectivity index is 1.57. The Bertz CT molecular complexity index is 1250. The number of carbonyl (C=O) groups is 1. The Hall–Kier alpha value is -3.94. The number of benzene rings is 2. The monoisotopic (exact) mass is 389 g/mol. The molecule has 0 unspecified atom stereocenters. The number of fused-ring (bicyclic) bond motifs is 2. The largest absolute Gasteiger partial charge is 0.475 e. The molecule has 0 fully saturated rings. The second-order valence-corrected chi connectivity index (χ2v) is 6.62. The van der Waals surface area contributed by atoms with Crippen molar-refractivity contribution in [2.24, 2.45) is 0 Å². The van der Waals surface area contributed by atoms with Crippen LogP contribution in [-0.2, 0) is 0 Å². The number of hydrogen-bond acceptors (Lipinski definition) is 5. The van der Waals surface area contributed by atoms with Crippen LogP contribution in [0.25, 0.3) is 16.6 Å². The van der Waals surface area contributed by atoms with Crippen molar-refractivity contribution >= 4 is 28.3 Å². The third-order valence-electron chi connectivity index (χ3n) is 4.95. The summed E-state index contributed by atoms with van der Waals surface area (Å²) in [5, 5.41) is 0.876. The number of hydrogen-bond donors (Lipinski definition) is 1. The number of carbonyl (C=O) groups excluding carboxylic acids is 1. The summed E-state index contributed by atoms with van der Waals surface area (Å²) in [6.07, 6.45) is 3.08. The molecule has 0 saturated heterocycles. The van der Waals surface area contributed by atoms with Crippen LogP contribution in [-0.4, -0.2) is 33.6 Å². The summed E-state index contributed by atoms with van der Waals surface area (Å²) < 4.78 is 21.6. The molecule has 2 aromatic heterocycles. The van der Waals surface area contributed by atoms with E-state index in [1.807, 2.05) is 24.3 Å². The Kier molecular flexibility index (Phi) is 3.90. The van der Waals surface area contributed by atoms with Gasteiger partial charge >= 0.3 is 0 Å². The number of para-hydroxylation sites is 1. The Labute approximate surface area is 165 Å². The highest BCUT2D eigenvalue weighted by atomic mass is 19.1. The molecule has 0 spiro atoms. The van der Waals surface area contributed by atoms with Crippen molar-refractivity contribution in [1.82, 2.24) is 14.5 Å². The highest BCUT2D eigenvalue weighted by molar-refractivity contribution is 6.11. The van der Waals surface area contributed by atoms with Gasteiger partial charge in [-0.3, -0.25) is 4.79 Å². The van der Waals surface area contributed by atoms with E-state index in [-0.39, 0.29) is 35.6 Å². The molecule has 3 heterocycles. The highest BCUT2D eigenvalue weighted by Gasteiger charge is 2.28. The Morgan fingerprint density at radius 1 is 1.10 bits per heavy atom. The van der Waals surface area contributed by atoms with E-state index in [2.05, 4.69) is 9.97 Å². The third-order valence-corrected chi connectivity index (χ3v) is 4.95. The van der Waals surface area contributed by atoms with Crippen molar-refractivity contribution in [3.8, 4) is 11.6 Å². The number of amides is 1. The summed E-state index contributed by atoms with van der Waals surface area (Å²) in [6.45, 7) is 0.623. The second-order valence-electron chi connectivity index (χ2n) is 6.62. The summed E-state index contributed by atoms with van der Waals surface area (Å²) in [4.78, 5) is 22.6. The van der Waals surface area contributed by atoms with Gasteiger partial charge in [0.15, 0.2) is 0 Å². The van der Waals surface area contributed by atoms with Crippen LogP contribution in [0.4, 0.5) is 15.9 Å². The fraction of sp³-hybridized carbons (Fsp3) is 0.0952. The molecule has 1 aliphatic rings. The molecular formula is C21H16FN5O2. The van der Waals surface area contributed by atoms with Crippen molar-refractivity contribution in [2.75, 3.05) is 23.8 Å². The first kappa shape index (κ1) is 17.2. The van der Waals surface area contributed by atoms with E-state index >= 15 is 0 Å². The van der Waals surface area contributed by atoms with E-state index in [1.54, 1.807) is 33.9 Å². The summed E-state index contributed by atoms with van der Waals surface area (Å²) in [5.41, 5.74) is 8.05. The fourth-order valence-corrected chi connectivity index (χ4v) is 3.56. The zero-order valence-corrected chi connectivity index (χ0v) is 15.2. The number of halogens is 1. The third kappa shape index (κ3) is 2.77. The van der Waals surface area contributed by atoms with Gasteiger partial charge in [-0.1, -0.05) is 12.1 Å². The molecule has 1 amide bonds. The molecule has 4 aromatic rings. The van der Waals surface area contributed by atoms with E-state index < -0.39 is 0 Å². The predicted octanol–water partition coefficient (Wildman–Crippen LogP) is 3.18. The van der Waals surface area contributed by atoms with E-state index in [4.69, 9.17) is 10.5 Å². The highest BCUT2D eigenvalue weighted by Crippen LogP contribution is 2.30. The molecule has 29 heavy (non-hydrogen) atoms. The van der Waals surface area contributed by atoms with Crippen LogP contribution in [0.1, 0.15) is 10.4 Å². The van der Waals surface area contributed by atoms with Crippen molar-refractivity contribution in [1.29, 1.82) is 0 Å². The Morgan fingerprint density at radius 2 is 1.97 bits per heavy atom. The molecule has 5 rings (SSSR count). The lowest BCUT2D eigenvalue weighted by Crippen LogP contribution is -2.32. The van der Waals surface area contributed by atoms with Crippen LogP contribution in [0.3, 0.4) is 0 Å². The van der Waals surface area contributed by atoms with Gasteiger partial charge in [0.25, 0.3) is 5.91 Å². The topological polar surface area (TPSA) is 86.3 Å². The molecule has 0 radical (unpaired) electrons. The maximum atomic E-state index is 14.2. The Morgan fingerprint density at radius 3 is 2.83 bits per heavy atom. The van der Waals surface area contributed by atoms with Crippen LogP contribution in [0.5, 0.6) is 5.88 Å². The molecule has 0 bridgehead atoms. The number of anilines is 2. The maximum Gasteiger partial charge on any atom is 0.267 e. The van der Waals surface area contributed by atoms with Crippen LogP contribution in [0.15, 0.2) is 61.1 Å². The summed E-state index contributed by atoms with van der Waals surface area (Å²) >= 11 is 0. The number of aromatic nitrogens is 3. The minimum absolute atomic E-state index is 0.0821. The number of ether oxygens (including phenoxy) is 1. The number of nitrogens with zero attached hydrogens (tertiary/aromatic N) is 4. The van der Waals surface area contributed by atoms with E-state index in [0.717, 1.165) is 10.9 Å².